The van der Waals surface area contributed by atoms with Crippen molar-refractivity contribution in [1.29, 1.82) is 0 Å². The van der Waals surface area contributed by atoms with E-state index in [4.69, 9.17) is 0 Å². The Kier molecular flexibility index (Phi) is 4.89. The largest absolute Gasteiger partial charge is 0.311 e. The number of carbonyl (C=O) groups is 1. The predicted molar refractivity (Wildman–Crippen MR) is 131 cm³/mol. The summed E-state index contributed by atoms with van der Waals surface area (Å²) in [5, 5.41) is 14.2. The number of nitro benzene ring substituents is 1. The molecule has 6 rings (SSSR count). The summed E-state index contributed by atoms with van der Waals surface area (Å²) in [5.74, 6) is -1.01. The second kappa shape index (κ2) is 8.12. The first-order valence-corrected chi connectivity index (χ1v) is 11.2. The molecule has 3 heterocycles. The van der Waals surface area contributed by atoms with Gasteiger partial charge in [0.05, 0.1) is 28.1 Å². The van der Waals surface area contributed by atoms with Crippen LogP contribution >= 0.6 is 0 Å². The van der Waals surface area contributed by atoms with Gasteiger partial charge in [-0.05, 0) is 23.8 Å². The number of fused-ring (bicyclic) bond motifs is 5. The molecule has 2 aromatic heterocycles. The number of nitro groups is 1. The molecule has 9 nitrogen and oxygen atoms in total. The Morgan fingerprint density at radius 1 is 1.06 bits per heavy atom. The SMILES string of the molecule is O=C1C[C@H](c2cccc([N+](=O)[O-])c2)c2c(n3c4ccccc4nc3n(Cc3ccccc3F)c2=O)N1. The van der Waals surface area contributed by atoms with Gasteiger partial charge in [-0.3, -0.25) is 28.7 Å². The third-order valence-corrected chi connectivity index (χ3v) is 6.50. The van der Waals surface area contributed by atoms with E-state index >= 15 is 0 Å². The quantitative estimate of drug-likeness (QED) is 0.304. The van der Waals surface area contributed by atoms with Crippen LogP contribution in [0.25, 0.3) is 16.8 Å². The molecule has 1 amide bonds. The van der Waals surface area contributed by atoms with Crippen molar-refractivity contribution in [3.05, 3.63) is 116 Å². The van der Waals surface area contributed by atoms with Gasteiger partial charge in [0.25, 0.3) is 11.2 Å². The number of imidazole rings is 1. The molecule has 0 radical (unpaired) electrons. The Bertz CT molecular complexity index is 1770. The molecule has 0 unspecified atom stereocenters. The van der Waals surface area contributed by atoms with Gasteiger partial charge >= 0.3 is 0 Å². The molecule has 0 bridgehead atoms. The van der Waals surface area contributed by atoms with Crippen molar-refractivity contribution < 1.29 is 14.1 Å². The number of benzene rings is 3. The van der Waals surface area contributed by atoms with E-state index in [9.17, 15) is 24.1 Å². The van der Waals surface area contributed by atoms with Crippen molar-refractivity contribution in [2.24, 2.45) is 0 Å². The molecule has 0 spiro atoms. The van der Waals surface area contributed by atoms with Crippen LogP contribution in [-0.2, 0) is 11.3 Å². The molecular formula is C26H18FN5O4. The summed E-state index contributed by atoms with van der Waals surface area (Å²) in [5.41, 5.74) is 1.71. The van der Waals surface area contributed by atoms with Gasteiger partial charge in [0.1, 0.15) is 11.6 Å². The summed E-state index contributed by atoms with van der Waals surface area (Å²) < 4.78 is 17.7. The van der Waals surface area contributed by atoms with Gasteiger partial charge in [-0.25, -0.2) is 9.37 Å². The summed E-state index contributed by atoms with van der Waals surface area (Å²) in [6.45, 7) is -0.0821. The third-order valence-electron chi connectivity index (χ3n) is 6.50. The first-order chi connectivity index (χ1) is 17.4. The Balaban J connectivity index is 1.69. The molecule has 1 N–H and O–H groups in total. The zero-order valence-electron chi connectivity index (χ0n) is 18.7. The van der Waals surface area contributed by atoms with Crippen molar-refractivity contribution in [1.82, 2.24) is 14.0 Å². The highest BCUT2D eigenvalue weighted by Gasteiger charge is 2.34. The molecule has 5 aromatic rings. The zero-order chi connectivity index (χ0) is 25.0. The smallest absolute Gasteiger partial charge is 0.269 e. The first kappa shape index (κ1) is 21.7. The number of amides is 1. The first-order valence-electron chi connectivity index (χ1n) is 11.2. The minimum atomic E-state index is -0.737. The summed E-state index contributed by atoms with van der Waals surface area (Å²) in [4.78, 5) is 42.4. The number of rotatable bonds is 4. The van der Waals surface area contributed by atoms with Crippen LogP contribution in [-0.4, -0.2) is 24.8 Å². The summed E-state index contributed by atoms with van der Waals surface area (Å²) in [7, 11) is 0. The highest BCUT2D eigenvalue weighted by atomic mass is 19.1. The van der Waals surface area contributed by atoms with Crippen LogP contribution in [0.5, 0.6) is 0 Å². The van der Waals surface area contributed by atoms with E-state index in [0.29, 0.717) is 22.2 Å². The number of nitrogens with zero attached hydrogens (tertiary/aromatic N) is 4. The van der Waals surface area contributed by atoms with Crippen molar-refractivity contribution in [2.45, 2.75) is 18.9 Å². The van der Waals surface area contributed by atoms with Gasteiger partial charge in [0.2, 0.25) is 11.7 Å². The fraction of sp³-hybridized carbons (Fsp3) is 0.115. The highest BCUT2D eigenvalue weighted by Crippen LogP contribution is 2.37. The van der Waals surface area contributed by atoms with Crippen LogP contribution in [0.4, 0.5) is 15.9 Å². The van der Waals surface area contributed by atoms with E-state index in [2.05, 4.69) is 10.3 Å². The number of nitrogens with one attached hydrogen (secondary N) is 1. The summed E-state index contributed by atoms with van der Waals surface area (Å²) >= 11 is 0. The van der Waals surface area contributed by atoms with E-state index in [1.54, 1.807) is 34.7 Å². The van der Waals surface area contributed by atoms with Crippen molar-refractivity contribution in [3.63, 3.8) is 0 Å². The van der Waals surface area contributed by atoms with Crippen LogP contribution in [0, 0.1) is 15.9 Å². The molecule has 178 valence electrons. The number of non-ortho nitro benzene ring substituents is 1. The lowest BCUT2D eigenvalue weighted by Gasteiger charge is -2.27. The minimum absolute atomic E-state index is 0.0682. The molecule has 1 aliphatic rings. The lowest BCUT2D eigenvalue weighted by Crippen LogP contribution is -2.36. The second-order valence-corrected chi connectivity index (χ2v) is 8.64. The molecular weight excluding hydrogens is 465 g/mol. The van der Waals surface area contributed by atoms with Crippen LogP contribution in [0.3, 0.4) is 0 Å². The van der Waals surface area contributed by atoms with Crippen LogP contribution in [0.1, 0.15) is 29.0 Å². The maximum absolute atomic E-state index is 14.6. The number of carbonyl (C=O) groups excluding carboxylic acids is 1. The molecule has 1 atom stereocenters. The van der Waals surface area contributed by atoms with Gasteiger partial charge in [-0.2, -0.15) is 0 Å². The molecule has 0 aliphatic carbocycles. The van der Waals surface area contributed by atoms with Crippen LogP contribution in [0.2, 0.25) is 0 Å². The Hall–Kier alpha value is -4.86. The Labute approximate surface area is 202 Å². The van der Waals surface area contributed by atoms with E-state index in [-0.39, 0.29) is 41.7 Å². The highest BCUT2D eigenvalue weighted by molar-refractivity contribution is 5.96. The molecule has 36 heavy (non-hydrogen) atoms. The van der Waals surface area contributed by atoms with Gasteiger partial charge < -0.3 is 5.32 Å². The monoisotopic (exact) mass is 483 g/mol. The van der Waals surface area contributed by atoms with Crippen LogP contribution < -0.4 is 10.9 Å². The van der Waals surface area contributed by atoms with Gasteiger partial charge in [-0.1, -0.05) is 42.5 Å². The van der Waals surface area contributed by atoms with Crippen molar-refractivity contribution in [3.8, 4) is 0 Å². The van der Waals surface area contributed by atoms with Gasteiger partial charge in [0, 0.05) is 30.0 Å². The van der Waals surface area contributed by atoms with Gasteiger partial charge in [-0.15, -0.1) is 0 Å². The minimum Gasteiger partial charge on any atom is -0.311 e. The zero-order valence-corrected chi connectivity index (χ0v) is 18.7. The molecule has 1 aliphatic heterocycles. The van der Waals surface area contributed by atoms with E-state index < -0.39 is 22.2 Å². The van der Waals surface area contributed by atoms with Crippen molar-refractivity contribution in [2.75, 3.05) is 5.32 Å². The van der Waals surface area contributed by atoms with Gasteiger partial charge in [0.15, 0.2) is 0 Å². The Morgan fingerprint density at radius 2 is 1.83 bits per heavy atom. The molecule has 10 heteroatoms. The number of hydrogen-bond donors (Lipinski definition) is 1. The normalized spacial score (nSPS) is 15.1. The summed E-state index contributed by atoms with van der Waals surface area (Å²) in [6.07, 6.45) is -0.0682. The fourth-order valence-electron chi connectivity index (χ4n) is 4.86. The fourth-order valence-corrected chi connectivity index (χ4v) is 4.86. The molecule has 0 fully saturated rings. The van der Waals surface area contributed by atoms with Crippen molar-refractivity contribution >= 4 is 34.2 Å². The maximum Gasteiger partial charge on any atom is 0.269 e. The average molecular weight is 483 g/mol. The number of para-hydroxylation sites is 2. The molecule has 0 saturated heterocycles. The average Bonchev–Trinajstić information content (AvgIpc) is 3.27. The predicted octanol–water partition coefficient (Wildman–Crippen LogP) is 4.22. The topological polar surface area (TPSA) is 112 Å². The lowest BCUT2D eigenvalue weighted by molar-refractivity contribution is -0.384. The number of aromatic nitrogens is 3. The van der Waals surface area contributed by atoms with E-state index in [1.807, 2.05) is 18.2 Å². The van der Waals surface area contributed by atoms with E-state index in [1.165, 1.54) is 28.8 Å². The Morgan fingerprint density at radius 3 is 2.64 bits per heavy atom. The standard InChI is InChI=1S/C26H18FN5O4/c27-19-9-2-1-6-16(19)14-30-25(34)23-18(15-7-5-8-17(12-15)32(35)36)13-22(33)29-24(23)31-21-11-4-3-10-20(21)28-26(30)31/h1-12,18H,13-14H2,(H,29,33)/t18-/m1/s1. The second-order valence-electron chi connectivity index (χ2n) is 8.64. The number of halogens is 1. The maximum atomic E-state index is 14.6. The number of anilines is 1. The number of hydrogen-bond acceptors (Lipinski definition) is 5. The van der Waals surface area contributed by atoms with Crippen LogP contribution in [0.15, 0.2) is 77.6 Å². The summed E-state index contributed by atoms with van der Waals surface area (Å²) in [6, 6.07) is 19.3. The van der Waals surface area contributed by atoms with E-state index in [0.717, 1.165) is 0 Å². The molecule has 3 aromatic carbocycles. The third kappa shape index (κ3) is 3.34. The molecule has 0 saturated carbocycles. The lowest BCUT2D eigenvalue weighted by atomic mass is 9.86.